The van der Waals surface area contributed by atoms with Crippen LogP contribution < -0.4 is 16.0 Å². The molecule has 0 unspecified atom stereocenters. The maximum Gasteiger partial charge on any atom is 0.165 e. The summed E-state index contributed by atoms with van der Waals surface area (Å²) in [5.74, 6) is 7.43. The van der Waals surface area contributed by atoms with E-state index < -0.39 is 0 Å². The standard InChI is InChI=1S/C13H16N4O/c1-8-9(2)15-13(16-12(8)17-14)10-6-4-5-7-11(10)18-3/h4-7H,14H2,1-3H3,(H,15,16,17). The average molecular weight is 244 g/mol. The van der Waals surface area contributed by atoms with Gasteiger partial charge in [0.15, 0.2) is 5.82 Å². The fraction of sp³-hybridized carbons (Fsp3) is 0.231. The van der Waals surface area contributed by atoms with Crippen LogP contribution in [0.5, 0.6) is 5.75 Å². The molecule has 0 saturated heterocycles. The first-order valence-electron chi connectivity index (χ1n) is 5.62. The number of aryl methyl sites for hydroxylation is 1. The van der Waals surface area contributed by atoms with Gasteiger partial charge in [0, 0.05) is 11.3 Å². The van der Waals surface area contributed by atoms with Gasteiger partial charge in [-0.2, -0.15) is 0 Å². The van der Waals surface area contributed by atoms with E-state index in [2.05, 4.69) is 15.4 Å². The number of nitrogens with one attached hydrogen (secondary N) is 1. The van der Waals surface area contributed by atoms with E-state index in [9.17, 15) is 0 Å². The van der Waals surface area contributed by atoms with Crippen LogP contribution in [-0.4, -0.2) is 17.1 Å². The first-order valence-corrected chi connectivity index (χ1v) is 5.62. The Hall–Kier alpha value is -2.14. The summed E-state index contributed by atoms with van der Waals surface area (Å²) in [6.07, 6.45) is 0. The van der Waals surface area contributed by atoms with Crippen molar-refractivity contribution in [2.24, 2.45) is 5.84 Å². The van der Waals surface area contributed by atoms with Crippen molar-refractivity contribution in [2.75, 3.05) is 12.5 Å². The summed E-state index contributed by atoms with van der Waals surface area (Å²) in [7, 11) is 1.63. The summed E-state index contributed by atoms with van der Waals surface area (Å²) in [5, 5.41) is 0. The molecule has 0 atom stereocenters. The van der Waals surface area contributed by atoms with Gasteiger partial charge in [0.05, 0.1) is 12.7 Å². The Bertz CT molecular complexity index is 569. The number of anilines is 1. The number of rotatable bonds is 3. The van der Waals surface area contributed by atoms with Crippen LogP contribution in [0, 0.1) is 13.8 Å². The second-order valence-electron chi connectivity index (χ2n) is 3.95. The van der Waals surface area contributed by atoms with Gasteiger partial charge in [-0.3, -0.25) is 0 Å². The number of hydrogen-bond donors (Lipinski definition) is 2. The Morgan fingerprint density at radius 3 is 2.56 bits per heavy atom. The van der Waals surface area contributed by atoms with E-state index in [-0.39, 0.29) is 0 Å². The lowest BCUT2D eigenvalue weighted by molar-refractivity contribution is 0.416. The third kappa shape index (κ3) is 2.12. The Morgan fingerprint density at radius 1 is 1.17 bits per heavy atom. The molecule has 2 rings (SSSR count). The second-order valence-corrected chi connectivity index (χ2v) is 3.95. The molecule has 5 heteroatoms. The number of benzene rings is 1. The number of hydrazine groups is 1. The third-order valence-corrected chi connectivity index (χ3v) is 2.87. The van der Waals surface area contributed by atoms with E-state index in [0.29, 0.717) is 11.6 Å². The molecule has 0 fully saturated rings. The number of nitrogens with two attached hydrogens (primary N) is 1. The van der Waals surface area contributed by atoms with Crippen molar-refractivity contribution in [1.82, 2.24) is 9.97 Å². The first kappa shape index (κ1) is 12.3. The predicted molar refractivity (Wildman–Crippen MR) is 71.3 cm³/mol. The lowest BCUT2D eigenvalue weighted by Crippen LogP contribution is -2.12. The summed E-state index contributed by atoms with van der Waals surface area (Å²) >= 11 is 0. The van der Waals surface area contributed by atoms with Crippen molar-refractivity contribution >= 4 is 5.82 Å². The second kappa shape index (κ2) is 5.01. The number of hydrogen-bond acceptors (Lipinski definition) is 5. The Balaban J connectivity index is 2.61. The van der Waals surface area contributed by atoms with Gasteiger partial charge in [-0.05, 0) is 26.0 Å². The molecule has 0 aliphatic heterocycles. The number of nitrogen functional groups attached to an aromatic ring is 1. The molecule has 0 amide bonds. The average Bonchev–Trinajstić information content (AvgIpc) is 2.41. The van der Waals surface area contributed by atoms with Crippen molar-refractivity contribution in [3.8, 4) is 17.1 Å². The molecule has 2 aromatic rings. The van der Waals surface area contributed by atoms with Gasteiger partial charge in [0.2, 0.25) is 0 Å². The van der Waals surface area contributed by atoms with Crippen LogP contribution in [0.1, 0.15) is 11.3 Å². The highest BCUT2D eigenvalue weighted by atomic mass is 16.5. The smallest absolute Gasteiger partial charge is 0.165 e. The molecule has 1 aromatic heterocycles. The Labute approximate surface area is 106 Å². The van der Waals surface area contributed by atoms with E-state index in [1.54, 1.807) is 7.11 Å². The molecule has 94 valence electrons. The van der Waals surface area contributed by atoms with Gasteiger partial charge in [-0.25, -0.2) is 15.8 Å². The third-order valence-electron chi connectivity index (χ3n) is 2.87. The minimum Gasteiger partial charge on any atom is -0.496 e. The number of methoxy groups -OCH3 is 1. The molecule has 18 heavy (non-hydrogen) atoms. The summed E-state index contributed by atoms with van der Waals surface area (Å²) in [6.45, 7) is 3.85. The number of para-hydroxylation sites is 1. The molecular formula is C13H16N4O. The zero-order valence-electron chi connectivity index (χ0n) is 10.7. The molecule has 1 heterocycles. The zero-order valence-corrected chi connectivity index (χ0v) is 10.7. The van der Waals surface area contributed by atoms with Crippen LogP contribution >= 0.6 is 0 Å². The van der Waals surface area contributed by atoms with Gasteiger partial charge in [0.25, 0.3) is 0 Å². The van der Waals surface area contributed by atoms with Gasteiger partial charge < -0.3 is 10.2 Å². The summed E-state index contributed by atoms with van der Waals surface area (Å²) < 4.78 is 5.31. The zero-order chi connectivity index (χ0) is 13.1. The maximum atomic E-state index is 5.47. The fourth-order valence-electron chi connectivity index (χ4n) is 1.72. The van der Waals surface area contributed by atoms with E-state index in [1.165, 1.54) is 0 Å². The first-order chi connectivity index (χ1) is 8.67. The van der Waals surface area contributed by atoms with Crippen molar-refractivity contribution in [3.63, 3.8) is 0 Å². The minimum absolute atomic E-state index is 0.600. The van der Waals surface area contributed by atoms with Crippen LogP contribution in [0.4, 0.5) is 5.82 Å². The largest absolute Gasteiger partial charge is 0.496 e. The molecule has 5 nitrogen and oxygen atoms in total. The van der Waals surface area contributed by atoms with Crippen molar-refractivity contribution in [1.29, 1.82) is 0 Å². The summed E-state index contributed by atoms with van der Waals surface area (Å²) in [4.78, 5) is 8.88. The monoisotopic (exact) mass is 244 g/mol. The molecule has 0 aliphatic carbocycles. The summed E-state index contributed by atoms with van der Waals surface area (Å²) in [6, 6.07) is 7.63. The van der Waals surface area contributed by atoms with E-state index in [1.807, 2.05) is 38.1 Å². The molecular weight excluding hydrogens is 228 g/mol. The number of nitrogens with zero attached hydrogens (tertiary/aromatic N) is 2. The highest BCUT2D eigenvalue weighted by Crippen LogP contribution is 2.28. The topological polar surface area (TPSA) is 73.1 Å². The number of ether oxygens (including phenoxy) is 1. The van der Waals surface area contributed by atoms with Crippen molar-refractivity contribution in [3.05, 3.63) is 35.5 Å². The molecule has 0 aliphatic rings. The van der Waals surface area contributed by atoms with Crippen LogP contribution in [0.25, 0.3) is 11.4 Å². The molecule has 0 radical (unpaired) electrons. The van der Waals surface area contributed by atoms with Crippen LogP contribution in [0.15, 0.2) is 24.3 Å². The lowest BCUT2D eigenvalue weighted by Gasteiger charge is -2.11. The van der Waals surface area contributed by atoms with Crippen molar-refractivity contribution < 1.29 is 4.74 Å². The molecule has 0 saturated carbocycles. The van der Waals surface area contributed by atoms with Crippen LogP contribution in [0.3, 0.4) is 0 Å². The van der Waals surface area contributed by atoms with Gasteiger partial charge in [0.1, 0.15) is 11.6 Å². The normalized spacial score (nSPS) is 10.2. The fourth-order valence-corrected chi connectivity index (χ4v) is 1.72. The molecule has 1 aromatic carbocycles. The quantitative estimate of drug-likeness (QED) is 0.638. The molecule has 3 N–H and O–H groups in total. The molecule has 0 bridgehead atoms. The molecule has 0 spiro atoms. The van der Waals surface area contributed by atoms with Crippen LogP contribution in [-0.2, 0) is 0 Å². The predicted octanol–water partition coefficient (Wildman–Crippen LogP) is 2.05. The Morgan fingerprint density at radius 2 is 1.89 bits per heavy atom. The van der Waals surface area contributed by atoms with Gasteiger partial charge in [-0.15, -0.1) is 0 Å². The highest BCUT2D eigenvalue weighted by molar-refractivity contribution is 5.66. The van der Waals surface area contributed by atoms with Gasteiger partial charge in [-0.1, -0.05) is 12.1 Å². The van der Waals surface area contributed by atoms with Crippen LogP contribution in [0.2, 0.25) is 0 Å². The summed E-state index contributed by atoms with van der Waals surface area (Å²) in [5.41, 5.74) is 5.27. The van der Waals surface area contributed by atoms with Crippen molar-refractivity contribution in [2.45, 2.75) is 13.8 Å². The number of aromatic nitrogens is 2. The van der Waals surface area contributed by atoms with E-state index in [0.717, 1.165) is 22.6 Å². The minimum atomic E-state index is 0.600. The van der Waals surface area contributed by atoms with E-state index >= 15 is 0 Å². The lowest BCUT2D eigenvalue weighted by atomic mass is 10.1. The van der Waals surface area contributed by atoms with Gasteiger partial charge >= 0.3 is 0 Å². The SMILES string of the molecule is COc1ccccc1-c1nc(C)c(C)c(NN)n1. The highest BCUT2D eigenvalue weighted by Gasteiger charge is 2.12. The Kier molecular flexibility index (Phi) is 3.43. The maximum absolute atomic E-state index is 5.47. The van der Waals surface area contributed by atoms with E-state index in [4.69, 9.17) is 10.6 Å².